The third-order valence-corrected chi connectivity index (χ3v) is 10.6. The van der Waals surface area contributed by atoms with Gasteiger partial charge in [0, 0.05) is 16.7 Å². The predicted molar refractivity (Wildman–Crippen MR) is 233 cm³/mol. The van der Waals surface area contributed by atoms with Gasteiger partial charge >= 0.3 is 0 Å². The van der Waals surface area contributed by atoms with Gasteiger partial charge in [-0.05, 0) is 79.2 Å². The highest BCUT2D eigenvalue weighted by Crippen LogP contribution is 2.45. The highest BCUT2D eigenvalue weighted by molar-refractivity contribution is 5.90. The van der Waals surface area contributed by atoms with Crippen LogP contribution >= 0.6 is 0 Å². The highest BCUT2D eigenvalue weighted by atomic mass is 15.0. The normalized spacial score (nSPS) is 11.4. The third-order valence-electron chi connectivity index (χ3n) is 10.6. The predicted octanol–water partition coefficient (Wildman–Crippen LogP) is 13.7. The van der Waals surface area contributed by atoms with Crippen LogP contribution in [-0.2, 0) is 6.42 Å². The molecule has 0 spiro atoms. The second-order valence-electron chi connectivity index (χ2n) is 14.0. The van der Waals surface area contributed by atoms with Gasteiger partial charge < -0.3 is 0 Å². The standard InChI is InChI=1S/C52H35N3.CH4/c1-4-13-35(14-5-1)37-25-29-39(30-26-37)44-21-11-23-46-47-24-12-22-45(49(47)34-48(44)46)42-19-10-20-43(33-42)52-54-50(40-17-8-3-9-18-40)53-51(55-52)41-31-27-38(28-32-41)36-15-6-2-7-16-36;/h1-33H,34H2;1H4. The van der Waals surface area contributed by atoms with E-state index in [1.807, 2.05) is 24.3 Å². The maximum absolute atomic E-state index is 5.09. The number of nitrogens with zero attached hydrogens (tertiary/aromatic N) is 3. The van der Waals surface area contributed by atoms with Crippen molar-refractivity contribution in [2.24, 2.45) is 0 Å². The molecule has 3 heteroatoms. The summed E-state index contributed by atoms with van der Waals surface area (Å²) in [5.74, 6) is 1.95. The van der Waals surface area contributed by atoms with Crippen LogP contribution in [0.4, 0.5) is 0 Å². The molecule has 10 rings (SSSR count). The zero-order valence-electron chi connectivity index (χ0n) is 30.1. The summed E-state index contributed by atoms with van der Waals surface area (Å²) in [6.45, 7) is 0. The van der Waals surface area contributed by atoms with Crippen molar-refractivity contribution in [2.75, 3.05) is 0 Å². The highest BCUT2D eigenvalue weighted by Gasteiger charge is 2.25. The summed E-state index contributed by atoms with van der Waals surface area (Å²) in [4.78, 5) is 15.1. The average molecular weight is 718 g/mol. The van der Waals surface area contributed by atoms with Gasteiger partial charge in [-0.25, -0.2) is 15.0 Å². The largest absolute Gasteiger partial charge is 0.208 e. The molecule has 0 aliphatic heterocycles. The Labute approximate surface area is 328 Å². The molecule has 1 aliphatic carbocycles. The first-order valence-electron chi connectivity index (χ1n) is 18.7. The molecule has 0 N–H and O–H groups in total. The van der Waals surface area contributed by atoms with Crippen LogP contribution in [0.2, 0.25) is 0 Å². The molecule has 1 aromatic heterocycles. The summed E-state index contributed by atoms with van der Waals surface area (Å²) < 4.78 is 0. The summed E-state index contributed by atoms with van der Waals surface area (Å²) >= 11 is 0. The van der Waals surface area contributed by atoms with E-state index in [0.29, 0.717) is 17.5 Å². The van der Waals surface area contributed by atoms with Crippen LogP contribution in [0.1, 0.15) is 18.6 Å². The molecule has 0 saturated carbocycles. The van der Waals surface area contributed by atoms with Crippen LogP contribution in [0.5, 0.6) is 0 Å². The van der Waals surface area contributed by atoms with Gasteiger partial charge in [0.05, 0.1) is 0 Å². The third kappa shape index (κ3) is 6.50. The van der Waals surface area contributed by atoms with Gasteiger partial charge in [0.25, 0.3) is 0 Å². The maximum atomic E-state index is 5.09. The monoisotopic (exact) mass is 717 g/mol. The summed E-state index contributed by atoms with van der Waals surface area (Å²) in [7, 11) is 0. The van der Waals surface area contributed by atoms with Crippen LogP contribution in [-0.4, -0.2) is 15.0 Å². The molecule has 8 aromatic carbocycles. The van der Waals surface area contributed by atoms with Gasteiger partial charge in [-0.1, -0.05) is 202 Å². The zero-order chi connectivity index (χ0) is 36.6. The number of fused-ring (bicyclic) bond motifs is 3. The van der Waals surface area contributed by atoms with Crippen LogP contribution < -0.4 is 0 Å². The fourth-order valence-corrected chi connectivity index (χ4v) is 7.87. The fourth-order valence-electron chi connectivity index (χ4n) is 7.87. The molecule has 266 valence electrons. The van der Waals surface area contributed by atoms with Crippen LogP contribution in [0, 0.1) is 0 Å². The van der Waals surface area contributed by atoms with Crippen molar-refractivity contribution in [3.8, 4) is 89.8 Å². The van der Waals surface area contributed by atoms with E-state index in [0.717, 1.165) is 34.2 Å². The second-order valence-corrected chi connectivity index (χ2v) is 14.0. The zero-order valence-corrected chi connectivity index (χ0v) is 30.1. The molecule has 0 unspecified atom stereocenters. The molecule has 56 heavy (non-hydrogen) atoms. The number of hydrogen-bond donors (Lipinski definition) is 0. The summed E-state index contributed by atoms with van der Waals surface area (Å²) in [5, 5.41) is 0. The van der Waals surface area contributed by atoms with Crippen molar-refractivity contribution in [2.45, 2.75) is 13.8 Å². The number of aromatic nitrogens is 3. The Morgan fingerprint density at radius 3 is 1.09 bits per heavy atom. The summed E-state index contributed by atoms with van der Waals surface area (Å²) in [6, 6.07) is 70.7. The van der Waals surface area contributed by atoms with Crippen LogP contribution in [0.3, 0.4) is 0 Å². The maximum Gasteiger partial charge on any atom is 0.164 e. The van der Waals surface area contributed by atoms with E-state index in [4.69, 9.17) is 15.0 Å². The van der Waals surface area contributed by atoms with E-state index in [2.05, 4.69) is 176 Å². The van der Waals surface area contributed by atoms with Gasteiger partial charge in [-0.2, -0.15) is 0 Å². The SMILES string of the molecule is C.c1ccc(-c2ccc(-c3nc(-c4ccccc4)nc(-c4cccc(-c5cccc6c5Cc5c(-c7ccc(-c8ccccc8)cc7)cccc5-6)c4)n3)cc2)cc1. The molecule has 0 amide bonds. The second kappa shape index (κ2) is 14.9. The average Bonchev–Trinajstić information content (AvgIpc) is 3.67. The van der Waals surface area contributed by atoms with Gasteiger partial charge in [0.1, 0.15) is 0 Å². The first-order chi connectivity index (χ1) is 27.2. The lowest BCUT2D eigenvalue weighted by atomic mass is 9.94. The molecular formula is C53H39N3. The lowest BCUT2D eigenvalue weighted by Crippen LogP contribution is -2.00. The molecule has 0 atom stereocenters. The molecular weight excluding hydrogens is 679 g/mol. The minimum atomic E-state index is 0. The molecule has 3 nitrogen and oxygen atoms in total. The Morgan fingerprint density at radius 1 is 0.250 bits per heavy atom. The smallest absolute Gasteiger partial charge is 0.164 e. The van der Waals surface area contributed by atoms with E-state index >= 15 is 0 Å². The van der Waals surface area contributed by atoms with E-state index in [-0.39, 0.29) is 7.43 Å². The van der Waals surface area contributed by atoms with E-state index in [1.165, 1.54) is 55.6 Å². The Bertz CT molecular complexity index is 2790. The molecule has 1 heterocycles. The van der Waals surface area contributed by atoms with Crippen molar-refractivity contribution >= 4 is 0 Å². The van der Waals surface area contributed by atoms with Crippen LogP contribution in [0.15, 0.2) is 200 Å². The van der Waals surface area contributed by atoms with Crippen molar-refractivity contribution < 1.29 is 0 Å². The topological polar surface area (TPSA) is 38.7 Å². The molecule has 0 bridgehead atoms. The molecule has 0 saturated heterocycles. The van der Waals surface area contributed by atoms with Crippen molar-refractivity contribution in [1.82, 2.24) is 15.0 Å². The van der Waals surface area contributed by atoms with Crippen LogP contribution in [0.25, 0.3) is 89.8 Å². The Balaban J connectivity index is 0.00000410. The Kier molecular flexibility index (Phi) is 9.18. The van der Waals surface area contributed by atoms with Crippen molar-refractivity contribution in [3.05, 3.63) is 211 Å². The Morgan fingerprint density at radius 2 is 0.571 bits per heavy atom. The van der Waals surface area contributed by atoms with E-state index in [9.17, 15) is 0 Å². The molecule has 1 aliphatic rings. The minimum Gasteiger partial charge on any atom is -0.208 e. The summed E-state index contributed by atoms with van der Waals surface area (Å²) in [5.41, 5.74) is 17.9. The van der Waals surface area contributed by atoms with E-state index in [1.54, 1.807) is 0 Å². The van der Waals surface area contributed by atoms with Gasteiger partial charge in [0.15, 0.2) is 17.5 Å². The van der Waals surface area contributed by atoms with Gasteiger partial charge in [0.2, 0.25) is 0 Å². The first kappa shape index (κ1) is 34.5. The minimum absolute atomic E-state index is 0. The van der Waals surface area contributed by atoms with Gasteiger partial charge in [-0.3, -0.25) is 0 Å². The number of benzene rings is 8. The first-order valence-corrected chi connectivity index (χ1v) is 18.7. The molecule has 0 radical (unpaired) electrons. The lowest BCUT2D eigenvalue weighted by molar-refractivity contribution is 1.07. The van der Waals surface area contributed by atoms with Crippen molar-refractivity contribution in [3.63, 3.8) is 0 Å². The van der Waals surface area contributed by atoms with Crippen molar-refractivity contribution in [1.29, 1.82) is 0 Å². The number of hydrogen-bond acceptors (Lipinski definition) is 3. The number of rotatable bonds is 7. The van der Waals surface area contributed by atoms with E-state index < -0.39 is 0 Å². The van der Waals surface area contributed by atoms with Gasteiger partial charge in [-0.15, -0.1) is 0 Å². The Hall–Kier alpha value is -7.23. The quantitative estimate of drug-likeness (QED) is 0.165. The summed E-state index contributed by atoms with van der Waals surface area (Å²) in [6.07, 6.45) is 0.870. The molecule has 9 aromatic rings. The fraction of sp³-hybridized carbons (Fsp3) is 0.0377. The lowest BCUT2D eigenvalue weighted by Gasteiger charge is -2.12. The molecule has 0 fully saturated rings.